The van der Waals surface area contributed by atoms with Crippen molar-refractivity contribution < 1.29 is 37.9 Å². The first kappa shape index (κ1) is 32.9. The van der Waals surface area contributed by atoms with E-state index >= 15 is 0 Å². The number of nitrogens with one attached hydrogen (secondary N) is 1. The number of furan rings is 1. The van der Waals surface area contributed by atoms with Gasteiger partial charge in [0.25, 0.3) is 11.8 Å². The summed E-state index contributed by atoms with van der Waals surface area (Å²) in [5, 5.41) is 5.96. The van der Waals surface area contributed by atoms with Crippen LogP contribution in [0, 0.1) is 0 Å². The maximum absolute atomic E-state index is 13.8. The number of benzene rings is 2. The Labute approximate surface area is 274 Å². The summed E-state index contributed by atoms with van der Waals surface area (Å²) >= 11 is 2.78. The van der Waals surface area contributed by atoms with Crippen molar-refractivity contribution in [1.82, 2.24) is 10.2 Å². The van der Waals surface area contributed by atoms with E-state index in [1.165, 1.54) is 40.8 Å². The number of fused-ring (bicyclic) bond motifs is 1. The Bertz CT molecular complexity index is 1600. The van der Waals surface area contributed by atoms with Crippen molar-refractivity contribution in [1.29, 1.82) is 0 Å². The Morgan fingerprint density at radius 3 is 2.26 bits per heavy atom. The van der Waals surface area contributed by atoms with Crippen molar-refractivity contribution in [2.75, 3.05) is 18.6 Å². The molecule has 2 aliphatic heterocycles. The van der Waals surface area contributed by atoms with Crippen LogP contribution in [0.3, 0.4) is 0 Å². The maximum Gasteiger partial charge on any atom is 0.356 e. The van der Waals surface area contributed by atoms with E-state index in [-0.39, 0.29) is 17.2 Å². The molecule has 0 aliphatic carbocycles. The molecule has 0 spiro atoms. The second-order valence-electron chi connectivity index (χ2n) is 11.2. The highest BCUT2D eigenvalue weighted by Gasteiger charge is 2.55. The van der Waals surface area contributed by atoms with E-state index < -0.39 is 53.5 Å². The fraction of sp³-hybridized carbons (Fsp3) is 0.303. The zero-order valence-corrected chi connectivity index (χ0v) is 27.3. The number of carbonyl (C=O) groups excluding carboxylic acids is 4. The van der Waals surface area contributed by atoms with Gasteiger partial charge in [0.2, 0.25) is 12.3 Å². The fourth-order valence-corrected chi connectivity index (χ4v) is 7.07. The van der Waals surface area contributed by atoms with Crippen LogP contribution in [0.15, 0.2) is 99.2 Å². The van der Waals surface area contributed by atoms with Crippen molar-refractivity contribution in [3.05, 3.63) is 107 Å². The van der Waals surface area contributed by atoms with Crippen molar-refractivity contribution in [3.63, 3.8) is 0 Å². The second kappa shape index (κ2) is 14.3. The number of carbonyl (C=O) groups is 4. The third-order valence-electron chi connectivity index (χ3n) is 6.82. The third-order valence-corrected chi connectivity index (χ3v) is 9.11. The summed E-state index contributed by atoms with van der Waals surface area (Å²) < 4.78 is 16.7. The quantitative estimate of drug-likeness (QED) is 0.134. The molecule has 5 rings (SSSR count). The first-order chi connectivity index (χ1) is 22.1. The van der Waals surface area contributed by atoms with Gasteiger partial charge in [0, 0.05) is 10.7 Å². The number of nitrogens with zero attached hydrogens (tertiary/aromatic N) is 2. The van der Waals surface area contributed by atoms with E-state index in [0.717, 1.165) is 11.1 Å². The molecule has 11 nitrogen and oxygen atoms in total. The SMILES string of the molecule is CSC1=C(C(=O)OC(c2ccccc2)c2ccccc2)N2C(=O)C(NC(=O)/C(=N/OCC(=O)OC(C)(C)C)c3ccco3)[C@H]2SC1. The molecule has 1 N–H and O–H groups in total. The highest BCUT2D eigenvalue weighted by atomic mass is 32.2. The van der Waals surface area contributed by atoms with Crippen molar-refractivity contribution in [2.24, 2.45) is 5.16 Å². The Morgan fingerprint density at radius 1 is 1.04 bits per heavy atom. The van der Waals surface area contributed by atoms with Crippen molar-refractivity contribution in [2.45, 2.75) is 43.9 Å². The predicted octanol–water partition coefficient (Wildman–Crippen LogP) is 4.65. The van der Waals surface area contributed by atoms with Gasteiger partial charge in [0.1, 0.15) is 22.7 Å². The molecule has 13 heteroatoms. The van der Waals surface area contributed by atoms with Crippen LogP contribution < -0.4 is 5.32 Å². The molecule has 240 valence electrons. The number of ether oxygens (including phenoxy) is 2. The summed E-state index contributed by atoms with van der Waals surface area (Å²) in [7, 11) is 0. The molecular formula is C33H33N3O8S2. The summed E-state index contributed by atoms with van der Waals surface area (Å²) in [4.78, 5) is 60.0. The first-order valence-corrected chi connectivity index (χ1v) is 16.6. The second-order valence-corrected chi connectivity index (χ2v) is 13.2. The van der Waals surface area contributed by atoms with Crippen LogP contribution in [-0.4, -0.2) is 70.0 Å². The topological polar surface area (TPSA) is 137 Å². The number of thioether (sulfide) groups is 2. The van der Waals surface area contributed by atoms with E-state index in [1.807, 2.05) is 66.9 Å². The average Bonchev–Trinajstić information content (AvgIpc) is 3.58. The van der Waals surface area contributed by atoms with E-state index in [2.05, 4.69) is 10.5 Å². The molecule has 3 aromatic rings. The summed E-state index contributed by atoms with van der Waals surface area (Å²) in [6, 6.07) is 20.8. The van der Waals surface area contributed by atoms with Gasteiger partial charge in [0.15, 0.2) is 11.9 Å². The van der Waals surface area contributed by atoms with E-state index in [4.69, 9.17) is 18.7 Å². The van der Waals surface area contributed by atoms with Crippen molar-refractivity contribution in [3.8, 4) is 0 Å². The molecular weight excluding hydrogens is 631 g/mol. The first-order valence-electron chi connectivity index (χ1n) is 14.4. The summed E-state index contributed by atoms with van der Waals surface area (Å²) in [6.45, 7) is 4.60. The van der Waals surface area contributed by atoms with Gasteiger partial charge < -0.3 is 24.0 Å². The number of oxime groups is 1. The van der Waals surface area contributed by atoms with E-state index in [0.29, 0.717) is 10.7 Å². The minimum absolute atomic E-state index is 0.0725. The lowest BCUT2D eigenvalue weighted by atomic mass is 10.0. The Morgan fingerprint density at radius 2 is 1.70 bits per heavy atom. The molecule has 2 aliphatic rings. The van der Waals surface area contributed by atoms with E-state index in [1.54, 1.807) is 26.8 Å². The average molecular weight is 664 g/mol. The highest BCUT2D eigenvalue weighted by Crippen LogP contribution is 2.44. The van der Waals surface area contributed by atoms with Crippen LogP contribution in [0.1, 0.15) is 43.8 Å². The number of hydrogen-bond donors (Lipinski definition) is 1. The van der Waals surface area contributed by atoms with Gasteiger partial charge in [-0.05, 0) is 50.3 Å². The standard InChI is InChI=1S/C33H33N3O8S2/c1-33(2,3)44-24(37)18-42-35-25(22-16-11-17-41-22)29(38)34-26-30(39)36-27(23(45-4)19-46-31(26)36)32(40)43-28(20-12-7-5-8-13-20)21-14-9-6-10-15-21/h5-17,26,28,31H,18-19H2,1-4H3,(H,34,38)/b35-25+/t26?,31-/m1/s1. The molecule has 2 atom stereocenters. The number of amides is 2. The van der Waals surface area contributed by atoms with Gasteiger partial charge in [0.05, 0.1) is 6.26 Å². The molecule has 2 aromatic carbocycles. The number of β-lactam (4-membered cyclic amide) rings is 1. The minimum Gasteiger partial charge on any atom is -0.462 e. The molecule has 1 aromatic heterocycles. The molecule has 3 heterocycles. The highest BCUT2D eigenvalue weighted by molar-refractivity contribution is 8.05. The van der Waals surface area contributed by atoms with Crippen molar-refractivity contribution >= 4 is 53.0 Å². The normalized spacial score (nSPS) is 18.1. The summed E-state index contributed by atoms with van der Waals surface area (Å²) in [5.74, 6) is -2.03. The van der Waals surface area contributed by atoms with Crippen LogP contribution in [0.2, 0.25) is 0 Å². The fourth-order valence-electron chi connectivity index (χ4n) is 4.83. The molecule has 0 bridgehead atoms. The van der Waals surface area contributed by atoms with E-state index in [9.17, 15) is 19.2 Å². The van der Waals surface area contributed by atoms with Crippen LogP contribution in [0.25, 0.3) is 0 Å². The molecule has 2 amide bonds. The Kier molecular flexibility index (Phi) is 10.2. The van der Waals surface area contributed by atoms with Crippen LogP contribution in [-0.2, 0) is 33.5 Å². The molecule has 1 unspecified atom stereocenters. The lowest BCUT2D eigenvalue weighted by Crippen LogP contribution is -2.71. The van der Waals surface area contributed by atoms with Gasteiger partial charge >= 0.3 is 11.9 Å². The molecule has 0 radical (unpaired) electrons. The minimum atomic E-state index is -0.964. The van der Waals surface area contributed by atoms with Gasteiger partial charge in [-0.2, -0.15) is 0 Å². The van der Waals surface area contributed by atoms with Gasteiger partial charge in [-0.25, -0.2) is 9.59 Å². The van der Waals surface area contributed by atoms with Crippen LogP contribution >= 0.6 is 23.5 Å². The third kappa shape index (κ3) is 7.48. The number of esters is 2. The molecule has 1 saturated heterocycles. The van der Waals surface area contributed by atoms with Gasteiger partial charge in [-0.1, -0.05) is 65.8 Å². The number of rotatable bonds is 11. The monoisotopic (exact) mass is 663 g/mol. The van der Waals surface area contributed by atoms with Crippen LogP contribution in [0.4, 0.5) is 0 Å². The molecule has 46 heavy (non-hydrogen) atoms. The Balaban J connectivity index is 1.32. The zero-order valence-electron chi connectivity index (χ0n) is 25.6. The maximum atomic E-state index is 13.8. The zero-order chi connectivity index (χ0) is 32.8. The lowest BCUT2D eigenvalue weighted by Gasteiger charge is -2.49. The molecule has 1 fully saturated rings. The smallest absolute Gasteiger partial charge is 0.356 e. The predicted molar refractivity (Wildman–Crippen MR) is 173 cm³/mol. The molecule has 0 saturated carbocycles. The largest absolute Gasteiger partial charge is 0.462 e. The summed E-state index contributed by atoms with van der Waals surface area (Å²) in [5.41, 5.74) is 0.736. The Hall–Kier alpha value is -4.49. The lowest BCUT2D eigenvalue weighted by molar-refractivity contribution is -0.160. The van der Waals surface area contributed by atoms with Gasteiger partial charge in [-0.15, -0.1) is 23.5 Å². The van der Waals surface area contributed by atoms with Gasteiger partial charge in [-0.3, -0.25) is 14.5 Å². The van der Waals surface area contributed by atoms with Crippen LogP contribution in [0.5, 0.6) is 0 Å². The number of hydrogen-bond acceptors (Lipinski definition) is 11. The summed E-state index contributed by atoms with van der Waals surface area (Å²) in [6.07, 6.45) is 2.49.